The zero-order valence-corrected chi connectivity index (χ0v) is 12.3. The molecule has 0 fully saturated rings. The molecule has 19 heavy (non-hydrogen) atoms. The first-order valence-electron chi connectivity index (χ1n) is 6.36. The van der Waals surface area contributed by atoms with Crippen molar-refractivity contribution in [3.63, 3.8) is 0 Å². The fourth-order valence-electron chi connectivity index (χ4n) is 1.66. The van der Waals surface area contributed by atoms with E-state index >= 15 is 0 Å². The summed E-state index contributed by atoms with van der Waals surface area (Å²) in [6.07, 6.45) is 1.78. The Morgan fingerprint density at radius 3 is 2.89 bits per heavy atom. The van der Waals surface area contributed by atoms with Crippen molar-refractivity contribution in [3.8, 4) is 5.75 Å². The Balaban J connectivity index is 2.14. The molecule has 2 aromatic heterocycles. The molecule has 0 unspecified atom stereocenters. The van der Waals surface area contributed by atoms with Crippen LogP contribution in [-0.2, 0) is 13.2 Å². The van der Waals surface area contributed by atoms with Crippen LogP contribution in [0.3, 0.4) is 0 Å². The Morgan fingerprint density at radius 1 is 1.42 bits per heavy atom. The average Bonchev–Trinajstić information content (AvgIpc) is 2.90. The molecule has 0 aliphatic rings. The Labute approximate surface area is 117 Å². The minimum Gasteiger partial charge on any atom is -0.484 e. The first-order valence-corrected chi connectivity index (χ1v) is 7.24. The van der Waals surface area contributed by atoms with Crippen molar-refractivity contribution in [1.82, 2.24) is 15.3 Å². The van der Waals surface area contributed by atoms with Crippen LogP contribution in [0.5, 0.6) is 5.75 Å². The average molecular weight is 277 g/mol. The molecule has 5 heteroatoms. The highest BCUT2D eigenvalue weighted by molar-refractivity contribution is 7.09. The topological polar surface area (TPSA) is 47.0 Å². The summed E-state index contributed by atoms with van der Waals surface area (Å²) in [4.78, 5) is 10.1. The molecule has 2 rings (SSSR count). The van der Waals surface area contributed by atoms with E-state index in [4.69, 9.17) is 4.74 Å². The second-order valence-corrected chi connectivity index (χ2v) is 5.62. The van der Waals surface area contributed by atoms with Crippen LogP contribution < -0.4 is 10.1 Å². The van der Waals surface area contributed by atoms with Gasteiger partial charge in [-0.15, -0.1) is 11.3 Å². The van der Waals surface area contributed by atoms with E-state index in [1.165, 1.54) is 4.88 Å². The van der Waals surface area contributed by atoms with Crippen molar-refractivity contribution < 1.29 is 4.74 Å². The summed E-state index contributed by atoms with van der Waals surface area (Å²) in [7, 11) is 1.90. The van der Waals surface area contributed by atoms with Crippen LogP contribution in [0.25, 0.3) is 0 Å². The van der Waals surface area contributed by atoms with Crippen LogP contribution in [-0.4, -0.2) is 17.0 Å². The molecule has 0 aliphatic heterocycles. The standard InChI is InChI=1S/C14H19N3OS/c1-10(2)14-16-8-13(12(17-14)7-15-3)18-9-11-5-4-6-19-11/h4-6,8,10,15H,7,9H2,1-3H3. The van der Waals surface area contributed by atoms with Gasteiger partial charge in [0.25, 0.3) is 0 Å². The predicted octanol–water partition coefficient (Wildman–Crippen LogP) is 2.96. The van der Waals surface area contributed by atoms with Crippen molar-refractivity contribution in [2.75, 3.05) is 7.05 Å². The lowest BCUT2D eigenvalue weighted by molar-refractivity contribution is 0.302. The SMILES string of the molecule is CNCc1nc(C(C)C)ncc1OCc1cccs1. The summed E-state index contributed by atoms with van der Waals surface area (Å²) in [5, 5.41) is 5.16. The van der Waals surface area contributed by atoms with Crippen molar-refractivity contribution in [1.29, 1.82) is 0 Å². The van der Waals surface area contributed by atoms with Gasteiger partial charge in [0.05, 0.1) is 11.9 Å². The number of nitrogens with zero attached hydrogens (tertiary/aromatic N) is 2. The fourth-order valence-corrected chi connectivity index (χ4v) is 2.27. The van der Waals surface area contributed by atoms with E-state index < -0.39 is 0 Å². The van der Waals surface area contributed by atoms with E-state index in [2.05, 4.69) is 35.2 Å². The van der Waals surface area contributed by atoms with E-state index in [9.17, 15) is 0 Å². The van der Waals surface area contributed by atoms with Crippen LogP contribution in [0.2, 0.25) is 0 Å². The quantitative estimate of drug-likeness (QED) is 0.882. The summed E-state index contributed by atoms with van der Waals surface area (Å²) in [5.74, 6) is 1.93. The zero-order valence-electron chi connectivity index (χ0n) is 11.5. The Hall–Kier alpha value is -1.46. The van der Waals surface area contributed by atoms with Gasteiger partial charge in [0.15, 0.2) is 5.75 Å². The predicted molar refractivity (Wildman–Crippen MR) is 77.5 cm³/mol. The largest absolute Gasteiger partial charge is 0.484 e. The van der Waals surface area contributed by atoms with E-state index in [1.54, 1.807) is 17.5 Å². The number of ether oxygens (including phenoxy) is 1. The van der Waals surface area contributed by atoms with Crippen LogP contribution in [0.1, 0.15) is 36.2 Å². The lowest BCUT2D eigenvalue weighted by Crippen LogP contribution is -2.12. The van der Waals surface area contributed by atoms with Gasteiger partial charge in [-0.05, 0) is 18.5 Å². The normalized spacial score (nSPS) is 10.9. The lowest BCUT2D eigenvalue weighted by Gasteiger charge is -2.12. The number of thiophene rings is 1. The van der Waals surface area contributed by atoms with Crippen LogP contribution in [0, 0.1) is 0 Å². The minimum absolute atomic E-state index is 0.321. The second-order valence-electron chi connectivity index (χ2n) is 4.59. The molecular weight excluding hydrogens is 258 g/mol. The fraction of sp³-hybridized carbons (Fsp3) is 0.429. The molecule has 4 nitrogen and oxygen atoms in total. The van der Waals surface area contributed by atoms with Gasteiger partial charge in [-0.1, -0.05) is 19.9 Å². The van der Waals surface area contributed by atoms with Gasteiger partial charge >= 0.3 is 0 Å². The Bertz CT molecular complexity index is 511. The molecular formula is C14H19N3OS. The van der Waals surface area contributed by atoms with Gasteiger partial charge < -0.3 is 10.1 Å². The van der Waals surface area contributed by atoms with Gasteiger partial charge in [-0.3, -0.25) is 0 Å². The van der Waals surface area contributed by atoms with Gasteiger partial charge in [-0.2, -0.15) is 0 Å². The maximum absolute atomic E-state index is 5.81. The summed E-state index contributed by atoms with van der Waals surface area (Å²) in [5.41, 5.74) is 0.915. The van der Waals surface area contributed by atoms with Crippen molar-refractivity contribution in [2.24, 2.45) is 0 Å². The molecule has 2 aromatic rings. The molecule has 0 aromatic carbocycles. The highest BCUT2D eigenvalue weighted by Crippen LogP contribution is 2.20. The third kappa shape index (κ3) is 3.75. The molecule has 0 aliphatic carbocycles. The van der Waals surface area contributed by atoms with Crippen molar-refractivity contribution in [2.45, 2.75) is 32.9 Å². The summed E-state index contributed by atoms with van der Waals surface area (Å²) in [6, 6.07) is 4.09. The molecule has 0 saturated carbocycles. The molecule has 0 saturated heterocycles. The molecule has 2 heterocycles. The number of hydrogen-bond donors (Lipinski definition) is 1. The highest BCUT2D eigenvalue weighted by atomic mass is 32.1. The maximum atomic E-state index is 5.81. The number of hydrogen-bond acceptors (Lipinski definition) is 5. The van der Waals surface area contributed by atoms with Gasteiger partial charge in [0.2, 0.25) is 0 Å². The summed E-state index contributed by atoms with van der Waals surface area (Å²) >= 11 is 1.69. The van der Waals surface area contributed by atoms with Crippen LogP contribution in [0.15, 0.2) is 23.7 Å². The molecule has 0 radical (unpaired) electrons. The molecule has 102 valence electrons. The molecule has 0 atom stereocenters. The number of nitrogens with one attached hydrogen (secondary N) is 1. The minimum atomic E-state index is 0.321. The first-order chi connectivity index (χ1) is 9.20. The van der Waals surface area contributed by atoms with E-state index in [-0.39, 0.29) is 0 Å². The molecule has 0 spiro atoms. The van der Waals surface area contributed by atoms with Crippen LogP contribution in [0.4, 0.5) is 0 Å². The third-order valence-corrected chi connectivity index (χ3v) is 3.51. The second kappa shape index (κ2) is 6.63. The zero-order chi connectivity index (χ0) is 13.7. The number of aromatic nitrogens is 2. The third-order valence-electron chi connectivity index (χ3n) is 2.66. The van der Waals surface area contributed by atoms with Crippen LogP contribution >= 0.6 is 11.3 Å². The maximum Gasteiger partial charge on any atom is 0.160 e. The summed E-state index contributed by atoms with van der Waals surface area (Å²) < 4.78 is 5.81. The highest BCUT2D eigenvalue weighted by Gasteiger charge is 2.10. The lowest BCUT2D eigenvalue weighted by atomic mass is 10.2. The Morgan fingerprint density at radius 2 is 2.26 bits per heavy atom. The van der Waals surface area contributed by atoms with Gasteiger partial charge in [0, 0.05) is 17.3 Å². The molecule has 1 N–H and O–H groups in total. The monoisotopic (exact) mass is 277 g/mol. The van der Waals surface area contributed by atoms with E-state index in [1.807, 2.05) is 18.5 Å². The number of rotatable bonds is 6. The first kappa shape index (κ1) is 14.0. The summed E-state index contributed by atoms with van der Waals surface area (Å²) in [6.45, 7) is 5.43. The van der Waals surface area contributed by atoms with Crippen molar-refractivity contribution in [3.05, 3.63) is 40.1 Å². The van der Waals surface area contributed by atoms with E-state index in [0.29, 0.717) is 19.1 Å². The molecule has 0 amide bonds. The Kier molecular flexibility index (Phi) is 4.87. The van der Waals surface area contributed by atoms with Gasteiger partial charge in [0.1, 0.15) is 12.4 Å². The van der Waals surface area contributed by atoms with E-state index in [0.717, 1.165) is 17.3 Å². The van der Waals surface area contributed by atoms with Gasteiger partial charge in [-0.25, -0.2) is 9.97 Å². The smallest absolute Gasteiger partial charge is 0.160 e. The molecule has 0 bridgehead atoms. The van der Waals surface area contributed by atoms with Crippen molar-refractivity contribution >= 4 is 11.3 Å².